The first-order valence-corrected chi connectivity index (χ1v) is 9.54. The highest BCUT2D eigenvalue weighted by molar-refractivity contribution is 7.98. The van der Waals surface area contributed by atoms with Crippen LogP contribution in [0.15, 0.2) is 91.0 Å². The molecule has 0 aliphatic heterocycles. The van der Waals surface area contributed by atoms with E-state index in [0.717, 1.165) is 16.9 Å². The predicted octanol–water partition coefficient (Wildman–Crippen LogP) is 5.55. The minimum atomic E-state index is -0.414. The number of ether oxygens (including phenoxy) is 1. The molecule has 3 nitrogen and oxygen atoms in total. The molecule has 0 bridgehead atoms. The zero-order chi connectivity index (χ0) is 18.0. The summed E-state index contributed by atoms with van der Waals surface area (Å²) in [6.07, 6.45) is -0.414. The highest BCUT2D eigenvalue weighted by atomic mass is 32.2. The number of rotatable bonds is 7. The van der Waals surface area contributed by atoms with E-state index in [4.69, 9.17) is 4.74 Å². The maximum atomic E-state index is 12.3. The number of hydrogen-bond donors (Lipinski definition) is 1. The van der Waals surface area contributed by atoms with Crippen LogP contribution in [0.25, 0.3) is 0 Å². The number of amides is 1. The SMILES string of the molecule is O=C(NC(SCc1ccccc1)c1ccccc1)OCc1ccccc1. The smallest absolute Gasteiger partial charge is 0.408 e. The molecule has 0 aliphatic carbocycles. The van der Waals surface area contributed by atoms with Gasteiger partial charge < -0.3 is 10.1 Å². The third-order valence-corrected chi connectivity index (χ3v) is 5.05. The number of thioether (sulfide) groups is 1. The first kappa shape index (κ1) is 18.1. The molecule has 0 saturated heterocycles. The summed E-state index contributed by atoms with van der Waals surface area (Å²) in [7, 11) is 0. The number of carbonyl (C=O) groups is 1. The van der Waals surface area contributed by atoms with Crippen LogP contribution < -0.4 is 5.32 Å². The topological polar surface area (TPSA) is 38.3 Å². The van der Waals surface area contributed by atoms with Crippen molar-refractivity contribution in [3.63, 3.8) is 0 Å². The highest BCUT2D eigenvalue weighted by Gasteiger charge is 2.16. The van der Waals surface area contributed by atoms with Gasteiger partial charge >= 0.3 is 6.09 Å². The second-order valence-electron chi connectivity index (χ2n) is 5.79. The van der Waals surface area contributed by atoms with Crippen LogP contribution in [0.2, 0.25) is 0 Å². The molecule has 0 saturated carbocycles. The molecule has 1 N–H and O–H groups in total. The van der Waals surface area contributed by atoms with E-state index < -0.39 is 6.09 Å². The van der Waals surface area contributed by atoms with Crippen LogP contribution in [0.5, 0.6) is 0 Å². The molecular formula is C22H21NO2S. The van der Waals surface area contributed by atoms with E-state index in [2.05, 4.69) is 17.4 Å². The van der Waals surface area contributed by atoms with Crippen LogP contribution in [-0.4, -0.2) is 6.09 Å². The minimum Gasteiger partial charge on any atom is -0.445 e. The van der Waals surface area contributed by atoms with E-state index in [9.17, 15) is 4.79 Å². The Kier molecular flexibility index (Phi) is 6.73. The summed E-state index contributed by atoms with van der Waals surface area (Å²) in [6.45, 7) is 0.261. The van der Waals surface area contributed by atoms with Gasteiger partial charge in [0.2, 0.25) is 0 Å². The molecule has 1 unspecified atom stereocenters. The molecule has 132 valence electrons. The molecule has 0 heterocycles. The number of alkyl carbamates (subject to hydrolysis) is 1. The van der Waals surface area contributed by atoms with Gasteiger partial charge in [0.15, 0.2) is 0 Å². The highest BCUT2D eigenvalue weighted by Crippen LogP contribution is 2.29. The summed E-state index contributed by atoms with van der Waals surface area (Å²) in [4.78, 5) is 12.3. The fourth-order valence-electron chi connectivity index (χ4n) is 2.47. The predicted molar refractivity (Wildman–Crippen MR) is 107 cm³/mol. The van der Waals surface area contributed by atoms with Gasteiger partial charge in [-0.2, -0.15) is 0 Å². The Balaban J connectivity index is 1.60. The van der Waals surface area contributed by atoms with Gasteiger partial charge in [-0.1, -0.05) is 91.0 Å². The van der Waals surface area contributed by atoms with Crippen LogP contribution in [0.3, 0.4) is 0 Å². The molecule has 3 aromatic rings. The lowest BCUT2D eigenvalue weighted by Gasteiger charge is -2.19. The molecule has 3 rings (SSSR count). The molecule has 0 spiro atoms. The van der Waals surface area contributed by atoms with E-state index in [1.54, 1.807) is 11.8 Å². The summed E-state index contributed by atoms with van der Waals surface area (Å²) >= 11 is 1.67. The number of benzene rings is 3. The zero-order valence-electron chi connectivity index (χ0n) is 14.4. The van der Waals surface area contributed by atoms with Crippen molar-refractivity contribution in [1.82, 2.24) is 5.32 Å². The molecule has 0 aliphatic rings. The third-order valence-electron chi connectivity index (χ3n) is 3.82. The molecule has 26 heavy (non-hydrogen) atoms. The molecule has 0 radical (unpaired) electrons. The van der Waals surface area contributed by atoms with Crippen molar-refractivity contribution in [2.45, 2.75) is 17.7 Å². The Morgan fingerprint density at radius 1 is 0.808 bits per heavy atom. The molecular weight excluding hydrogens is 342 g/mol. The number of hydrogen-bond acceptors (Lipinski definition) is 3. The van der Waals surface area contributed by atoms with E-state index in [-0.39, 0.29) is 12.0 Å². The fraction of sp³-hybridized carbons (Fsp3) is 0.136. The number of carbonyl (C=O) groups excluding carboxylic acids is 1. The van der Waals surface area contributed by atoms with Crippen LogP contribution in [0, 0.1) is 0 Å². The summed E-state index contributed by atoms with van der Waals surface area (Å²) in [5.74, 6) is 0.805. The van der Waals surface area contributed by atoms with E-state index in [1.165, 1.54) is 5.56 Å². The lowest BCUT2D eigenvalue weighted by Crippen LogP contribution is -2.27. The second-order valence-corrected chi connectivity index (χ2v) is 6.89. The molecule has 1 amide bonds. The Morgan fingerprint density at radius 3 is 1.96 bits per heavy atom. The van der Waals surface area contributed by atoms with Crippen LogP contribution in [0.4, 0.5) is 4.79 Å². The van der Waals surface area contributed by atoms with Crippen molar-refractivity contribution in [2.24, 2.45) is 0 Å². The largest absolute Gasteiger partial charge is 0.445 e. The monoisotopic (exact) mass is 363 g/mol. The fourth-order valence-corrected chi connectivity index (χ4v) is 3.56. The van der Waals surface area contributed by atoms with Gasteiger partial charge in [-0.3, -0.25) is 0 Å². The van der Waals surface area contributed by atoms with Crippen LogP contribution in [-0.2, 0) is 17.1 Å². The first-order chi connectivity index (χ1) is 12.8. The summed E-state index contributed by atoms with van der Waals surface area (Å²) in [5, 5.41) is 2.81. The summed E-state index contributed by atoms with van der Waals surface area (Å²) < 4.78 is 5.37. The first-order valence-electron chi connectivity index (χ1n) is 8.49. The van der Waals surface area contributed by atoms with Crippen LogP contribution in [0.1, 0.15) is 22.1 Å². The van der Waals surface area contributed by atoms with E-state index in [0.29, 0.717) is 0 Å². The molecule has 0 aromatic heterocycles. The molecule has 1 atom stereocenters. The normalized spacial score (nSPS) is 11.5. The summed E-state index contributed by atoms with van der Waals surface area (Å²) in [6, 6.07) is 29.8. The standard InChI is InChI=1S/C22H21NO2S/c24-22(25-16-18-10-4-1-5-11-18)23-21(20-14-8-3-9-15-20)26-17-19-12-6-2-7-13-19/h1-15,21H,16-17H2,(H,23,24). The van der Waals surface area contributed by atoms with Gasteiger partial charge in [-0.05, 0) is 16.7 Å². The molecule has 0 fully saturated rings. The van der Waals surface area contributed by atoms with E-state index in [1.807, 2.05) is 78.9 Å². The average Bonchev–Trinajstić information content (AvgIpc) is 2.72. The van der Waals surface area contributed by atoms with Crippen molar-refractivity contribution < 1.29 is 9.53 Å². The van der Waals surface area contributed by atoms with Gasteiger partial charge in [-0.15, -0.1) is 11.8 Å². The lowest BCUT2D eigenvalue weighted by atomic mass is 10.2. The van der Waals surface area contributed by atoms with Gasteiger partial charge in [0.25, 0.3) is 0 Å². The Hall–Kier alpha value is -2.72. The lowest BCUT2D eigenvalue weighted by molar-refractivity contribution is 0.139. The average molecular weight is 363 g/mol. The van der Waals surface area contributed by atoms with Gasteiger partial charge in [0.1, 0.15) is 12.0 Å². The quantitative estimate of drug-likeness (QED) is 0.560. The van der Waals surface area contributed by atoms with Crippen molar-refractivity contribution in [1.29, 1.82) is 0 Å². The second kappa shape index (κ2) is 9.68. The minimum absolute atomic E-state index is 0.167. The van der Waals surface area contributed by atoms with Crippen molar-refractivity contribution >= 4 is 17.9 Å². The summed E-state index contributed by atoms with van der Waals surface area (Å²) in [5.41, 5.74) is 3.24. The zero-order valence-corrected chi connectivity index (χ0v) is 15.2. The Labute approximate surface area is 158 Å². The van der Waals surface area contributed by atoms with Gasteiger partial charge in [0.05, 0.1) is 0 Å². The van der Waals surface area contributed by atoms with Crippen molar-refractivity contribution in [3.8, 4) is 0 Å². The number of nitrogens with one attached hydrogen (secondary N) is 1. The van der Waals surface area contributed by atoms with Crippen molar-refractivity contribution in [3.05, 3.63) is 108 Å². The van der Waals surface area contributed by atoms with Gasteiger partial charge in [-0.25, -0.2) is 4.79 Å². The maximum absolute atomic E-state index is 12.3. The van der Waals surface area contributed by atoms with Crippen LogP contribution >= 0.6 is 11.8 Å². The molecule has 4 heteroatoms. The Morgan fingerprint density at radius 2 is 1.35 bits per heavy atom. The molecule has 3 aromatic carbocycles. The van der Waals surface area contributed by atoms with Gasteiger partial charge in [0, 0.05) is 5.75 Å². The maximum Gasteiger partial charge on any atom is 0.408 e. The third kappa shape index (κ3) is 5.67. The Bertz CT molecular complexity index is 794. The van der Waals surface area contributed by atoms with E-state index >= 15 is 0 Å². The van der Waals surface area contributed by atoms with Crippen molar-refractivity contribution in [2.75, 3.05) is 0 Å².